The number of nitrogens with zero attached hydrogens (tertiary/aromatic N) is 2. The number of carbonyl (C=O) groups excluding carboxylic acids is 2. The van der Waals surface area contributed by atoms with Crippen molar-refractivity contribution in [2.75, 3.05) is 0 Å². The summed E-state index contributed by atoms with van der Waals surface area (Å²) in [6.07, 6.45) is -0.894. The van der Waals surface area contributed by atoms with Crippen LogP contribution in [0.25, 0.3) is 0 Å². The quantitative estimate of drug-likeness (QED) is 0.531. The first-order valence-electron chi connectivity index (χ1n) is 7.64. The summed E-state index contributed by atoms with van der Waals surface area (Å²) in [6, 6.07) is 12.1. The first-order valence-corrected chi connectivity index (χ1v) is 8.81. The molecule has 0 radical (unpaired) electrons. The third-order valence-corrected chi connectivity index (χ3v) is 4.26. The molecular weight excluding hydrogens is 424 g/mol. The number of amides is 1. The molecule has 8 heteroatoms. The van der Waals surface area contributed by atoms with Gasteiger partial charge in [-0.25, -0.2) is 0 Å². The van der Waals surface area contributed by atoms with Crippen LogP contribution in [0, 0.1) is 0 Å². The largest absolute Gasteiger partial charge is 0.446 e. The summed E-state index contributed by atoms with van der Waals surface area (Å²) < 4.78 is 12.0. The minimum atomic E-state index is -0.894. The fourth-order valence-electron chi connectivity index (χ4n) is 2.47. The monoisotopic (exact) mass is 436 g/mol. The standard InChI is InChI=1S/C18H14BrClN2O4/c1-10(23)22-18(15-9-14(20)6-7-16(15)25-11(2)24)26-17(21-22)12-4-3-5-13(19)8-12/h3-9,18H,1-2H3/t18-/m1/s1. The maximum Gasteiger partial charge on any atom is 0.308 e. The molecule has 0 N–H and O–H groups in total. The van der Waals surface area contributed by atoms with Crippen LogP contribution < -0.4 is 4.74 Å². The number of esters is 1. The molecular formula is C18H14BrClN2O4. The van der Waals surface area contributed by atoms with E-state index in [1.807, 2.05) is 24.3 Å². The lowest BCUT2D eigenvalue weighted by Gasteiger charge is -2.21. The van der Waals surface area contributed by atoms with E-state index in [0.29, 0.717) is 16.1 Å². The molecule has 0 saturated heterocycles. The van der Waals surface area contributed by atoms with Gasteiger partial charge in [-0.1, -0.05) is 33.6 Å². The summed E-state index contributed by atoms with van der Waals surface area (Å²) in [5, 5.41) is 5.89. The van der Waals surface area contributed by atoms with Crippen LogP contribution in [0.4, 0.5) is 0 Å². The smallest absolute Gasteiger partial charge is 0.308 e. The molecule has 1 atom stereocenters. The summed E-state index contributed by atoms with van der Waals surface area (Å²) in [7, 11) is 0. The molecule has 134 valence electrons. The van der Waals surface area contributed by atoms with E-state index in [-0.39, 0.29) is 17.6 Å². The van der Waals surface area contributed by atoms with E-state index in [1.165, 1.54) is 18.9 Å². The van der Waals surface area contributed by atoms with Gasteiger partial charge in [-0.05, 0) is 36.4 Å². The van der Waals surface area contributed by atoms with Crippen molar-refractivity contribution >= 4 is 45.3 Å². The predicted molar refractivity (Wildman–Crippen MR) is 99.8 cm³/mol. The van der Waals surface area contributed by atoms with Crippen molar-refractivity contribution in [2.45, 2.75) is 20.1 Å². The summed E-state index contributed by atoms with van der Waals surface area (Å²) in [6.45, 7) is 2.67. The highest BCUT2D eigenvalue weighted by molar-refractivity contribution is 9.10. The molecule has 2 aromatic rings. The third kappa shape index (κ3) is 3.89. The fraction of sp³-hybridized carbons (Fsp3) is 0.167. The van der Waals surface area contributed by atoms with Crippen molar-refractivity contribution < 1.29 is 19.1 Å². The molecule has 1 heterocycles. The van der Waals surface area contributed by atoms with Gasteiger partial charge in [0.1, 0.15) is 5.75 Å². The molecule has 0 bridgehead atoms. The highest BCUT2D eigenvalue weighted by Gasteiger charge is 2.35. The fourth-order valence-corrected chi connectivity index (χ4v) is 3.05. The zero-order valence-electron chi connectivity index (χ0n) is 13.9. The lowest BCUT2D eigenvalue weighted by atomic mass is 10.1. The lowest BCUT2D eigenvalue weighted by Crippen LogP contribution is -2.26. The second-order valence-electron chi connectivity index (χ2n) is 5.53. The topological polar surface area (TPSA) is 68.2 Å². The maximum absolute atomic E-state index is 12.1. The molecule has 0 aliphatic carbocycles. The molecule has 3 rings (SSSR count). The Morgan fingerprint density at radius 2 is 2.00 bits per heavy atom. The van der Waals surface area contributed by atoms with Crippen molar-refractivity contribution in [3.8, 4) is 5.75 Å². The van der Waals surface area contributed by atoms with Gasteiger partial charge in [0.05, 0.1) is 5.56 Å². The Morgan fingerprint density at radius 1 is 1.23 bits per heavy atom. The number of ether oxygens (including phenoxy) is 2. The Balaban J connectivity index is 2.02. The molecule has 1 amide bonds. The lowest BCUT2D eigenvalue weighted by molar-refractivity contribution is -0.135. The minimum Gasteiger partial charge on any atom is -0.446 e. The van der Waals surface area contributed by atoms with E-state index in [2.05, 4.69) is 21.0 Å². The van der Waals surface area contributed by atoms with Crippen LogP contribution in [0.5, 0.6) is 5.75 Å². The second-order valence-corrected chi connectivity index (χ2v) is 6.88. The Morgan fingerprint density at radius 3 is 2.65 bits per heavy atom. The first-order chi connectivity index (χ1) is 12.3. The summed E-state index contributed by atoms with van der Waals surface area (Å²) >= 11 is 9.49. The average Bonchev–Trinajstić information content (AvgIpc) is 3.01. The Labute approximate surface area is 163 Å². The maximum atomic E-state index is 12.1. The average molecular weight is 438 g/mol. The predicted octanol–water partition coefficient (Wildman–Crippen LogP) is 4.27. The number of hydrogen-bond acceptors (Lipinski definition) is 5. The van der Waals surface area contributed by atoms with Crippen molar-refractivity contribution in [1.82, 2.24) is 5.01 Å². The van der Waals surface area contributed by atoms with Crippen LogP contribution in [-0.4, -0.2) is 22.8 Å². The van der Waals surface area contributed by atoms with Gasteiger partial charge < -0.3 is 9.47 Å². The number of hydrazone groups is 1. The van der Waals surface area contributed by atoms with Crippen LogP contribution in [0.1, 0.15) is 31.2 Å². The summed E-state index contributed by atoms with van der Waals surface area (Å²) in [5.74, 6) is -0.285. The van der Waals surface area contributed by atoms with Crippen LogP contribution in [0.15, 0.2) is 52.0 Å². The molecule has 6 nitrogen and oxygen atoms in total. The number of carbonyl (C=O) groups is 2. The van der Waals surface area contributed by atoms with Crippen LogP contribution >= 0.6 is 27.5 Å². The number of hydrogen-bond donors (Lipinski definition) is 0. The molecule has 1 aliphatic heterocycles. The molecule has 1 aliphatic rings. The molecule has 26 heavy (non-hydrogen) atoms. The molecule has 0 spiro atoms. The van der Waals surface area contributed by atoms with Gasteiger partial charge in [-0.3, -0.25) is 9.59 Å². The van der Waals surface area contributed by atoms with Crippen molar-refractivity contribution in [1.29, 1.82) is 0 Å². The SMILES string of the molecule is CC(=O)Oc1ccc(Cl)cc1[C@H]1OC(c2cccc(Br)c2)=NN1C(C)=O. The molecule has 0 aromatic heterocycles. The van der Waals surface area contributed by atoms with Crippen LogP contribution in [0.2, 0.25) is 5.02 Å². The van der Waals surface area contributed by atoms with Gasteiger partial charge in [-0.15, -0.1) is 5.10 Å². The van der Waals surface area contributed by atoms with Gasteiger partial charge in [0.25, 0.3) is 0 Å². The van der Waals surface area contributed by atoms with Crippen molar-refractivity contribution in [2.24, 2.45) is 5.10 Å². The molecule has 0 unspecified atom stereocenters. The highest BCUT2D eigenvalue weighted by Crippen LogP contribution is 2.37. The van der Waals surface area contributed by atoms with E-state index in [4.69, 9.17) is 21.1 Å². The number of rotatable bonds is 3. The van der Waals surface area contributed by atoms with E-state index in [1.54, 1.807) is 18.2 Å². The zero-order chi connectivity index (χ0) is 18.8. The van der Waals surface area contributed by atoms with E-state index >= 15 is 0 Å². The van der Waals surface area contributed by atoms with E-state index in [0.717, 1.165) is 4.47 Å². The highest BCUT2D eigenvalue weighted by atomic mass is 79.9. The van der Waals surface area contributed by atoms with Gasteiger partial charge in [0, 0.05) is 28.9 Å². The van der Waals surface area contributed by atoms with Gasteiger partial charge >= 0.3 is 5.97 Å². The van der Waals surface area contributed by atoms with Gasteiger partial charge in [-0.2, -0.15) is 5.01 Å². The number of benzene rings is 2. The number of halogens is 2. The van der Waals surface area contributed by atoms with Crippen LogP contribution in [0.3, 0.4) is 0 Å². The van der Waals surface area contributed by atoms with Crippen LogP contribution in [-0.2, 0) is 14.3 Å². The molecule has 2 aromatic carbocycles. The first kappa shape index (κ1) is 18.4. The Bertz CT molecular complexity index is 916. The van der Waals surface area contributed by atoms with Crippen molar-refractivity contribution in [3.63, 3.8) is 0 Å². The second kappa shape index (κ2) is 7.47. The summed E-state index contributed by atoms with van der Waals surface area (Å²) in [4.78, 5) is 23.5. The van der Waals surface area contributed by atoms with E-state index < -0.39 is 12.2 Å². The van der Waals surface area contributed by atoms with E-state index in [9.17, 15) is 9.59 Å². The van der Waals surface area contributed by atoms with Gasteiger partial charge in [0.15, 0.2) is 0 Å². The minimum absolute atomic E-state index is 0.254. The Hall–Kier alpha value is -2.38. The molecule has 0 saturated carbocycles. The third-order valence-electron chi connectivity index (χ3n) is 3.53. The van der Waals surface area contributed by atoms with Gasteiger partial charge in [0.2, 0.25) is 18.0 Å². The summed E-state index contributed by atoms with van der Waals surface area (Å²) in [5.41, 5.74) is 1.13. The molecule has 0 fully saturated rings. The van der Waals surface area contributed by atoms with Crippen molar-refractivity contribution in [3.05, 3.63) is 63.1 Å². The normalized spacial score (nSPS) is 16.1. The Kier molecular flexibility index (Phi) is 5.29. The zero-order valence-corrected chi connectivity index (χ0v) is 16.2.